The van der Waals surface area contributed by atoms with Gasteiger partial charge in [-0.3, -0.25) is 4.90 Å². The van der Waals surface area contributed by atoms with Gasteiger partial charge in [-0.05, 0) is 45.6 Å². The number of hydrogen-bond acceptors (Lipinski definition) is 6. The Balaban J connectivity index is 2.72. The first kappa shape index (κ1) is 24.5. The van der Waals surface area contributed by atoms with E-state index < -0.39 is 35.8 Å². The molecule has 1 aromatic carbocycles. The van der Waals surface area contributed by atoms with Crippen LogP contribution in [0.1, 0.15) is 53.5 Å². The molecule has 1 amide bonds. The lowest BCUT2D eigenvalue weighted by Gasteiger charge is -2.30. The Hall–Kier alpha value is -2.57. The number of amides is 1. The number of nitrogens with zero attached hydrogens (tertiary/aromatic N) is 1. The summed E-state index contributed by atoms with van der Waals surface area (Å²) in [5.74, 6) is -1.19. The van der Waals surface area contributed by atoms with Gasteiger partial charge in [-0.25, -0.2) is 14.4 Å². The molecule has 0 fully saturated rings. The van der Waals surface area contributed by atoms with Crippen molar-refractivity contribution in [3.05, 3.63) is 35.9 Å². The summed E-state index contributed by atoms with van der Waals surface area (Å²) < 4.78 is 15.8. The summed E-state index contributed by atoms with van der Waals surface area (Å²) in [7, 11) is 1.49. The van der Waals surface area contributed by atoms with Gasteiger partial charge in [0.25, 0.3) is 0 Å². The van der Waals surface area contributed by atoms with Crippen molar-refractivity contribution in [1.29, 1.82) is 0 Å². The molecule has 0 aromatic heterocycles. The monoisotopic (exact) mass is 407 g/mol. The second-order valence-electron chi connectivity index (χ2n) is 8.41. The van der Waals surface area contributed by atoms with Crippen molar-refractivity contribution in [3.8, 4) is 0 Å². The van der Waals surface area contributed by atoms with Crippen LogP contribution < -0.4 is 0 Å². The predicted molar refractivity (Wildman–Crippen MR) is 109 cm³/mol. The largest absolute Gasteiger partial charge is 0.458 e. The van der Waals surface area contributed by atoms with Crippen molar-refractivity contribution in [3.63, 3.8) is 0 Å². The number of carbonyl (C=O) groups excluding carboxylic acids is 3. The molecule has 7 heteroatoms. The van der Waals surface area contributed by atoms with E-state index in [9.17, 15) is 14.4 Å². The fraction of sp³-hybridized carbons (Fsp3) is 0.591. The summed E-state index contributed by atoms with van der Waals surface area (Å²) in [6, 6.07) is 8.35. The number of rotatable bonds is 8. The third kappa shape index (κ3) is 8.98. The first-order chi connectivity index (χ1) is 13.4. The SMILES string of the molecule is CC(C)C[C@H](C(=O)O[C@H](C)C(=O)OCc1ccccc1)N(C)C(=O)OC(C)(C)C. The topological polar surface area (TPSA) is 82.1 Å². The number of benzene rings is 1. The molecule has 0 saturated carbocycles. The molecular weight excluding hydrogens is 374 g/mol. The lowest BCUT2D eigenvalue weighted by Crippen LogP contribution is -2.47. The minimum atomic E-state index is -1.09. The molecule has 0 saturated heterocycles. The molecule has 0 aliphatic rings. The van der Waals surface area contributed by atoms with E-state index >= 15 is 0 Å². The van der Waals surface area contributed by atoms with Crippen LogP contribution in [0.3, 0.4) is 0 Å². The number of ether oxygens (including phenoxy) is 3. The number of carbonyl (C=O) groups is 3. The van der Waals surface area contributed by atoms with Gasteiger partial charge in [-0.15, -0.1) is 0 Å². The molecular formula is C22H33NO6. The van der Waals surface area contributed by atoms with E-state index in [0.717, 1.165) is 5.56 Å². The van der Waals surface area contributed by atoms with Crippen molar-refractivity contribution in [2.75, 3.05) is 7.05 Å². The molecule has 1 aromatic rings. The van der Waals surface area contributed by atoms with Crippen LogP contribution in [0.4, 0.5) is 4.79 Å². The van der Waals surface area contributed by atoms with Gasteiger partial charge in [0.05, 0.1) is 0 Å². The highest BCUT2D eigenvalue weighted by molar-refractivity contribution is 5.84. The van der Waals surface area contributed by atoms with Gasteiger partial charge in [0.2, 0.25) is 0 Å². The third-order valence-corrected chi connectivity index (χ3v) is 3.96. The Bertz CT molecular complexity index is 680. The van der Waals surface area contributed by atoms with Crippen LogP contribution in [-0.2, 0) is 30.4 Å². The lowest BCUT2D eigenvalue weighted by atomic mass is 10.0. The van der Waals surface area contributed by atoms with Crippen molar-refractivity contribution in [2.45, 2.75) is 72.3 Å². The molecule has 0 N–H and O–H groups in total. The predicted octanol–water partition coefficient (Wildman–Crippen LogP) is 3.94. The Labute approximate surface area is 173 Å². The van der Waals surface area contributed by atoms with Crippen LogP contribution in [0.5, 0.6) is 0 Å². The first-order valence-corrected chi connectivity index (χ1v) is 9.77. The van der Waals surface area contributed by atoms with Crippen LogP contribution in [0, 0.1) is 5.92 Å². The molecule has 1 rings (SSSR count). The van der Waals surface area contributed by atoms with E-state index in [2.05, 4.69) is 0 Å². The van der Waals surface area contributed by atoms with Gasteiger partial charge in [-0.2, -0.15) is 0 Å². The van der Waals surface area contributed by atoms with Crippen LogP contribution in [-0.4, -0.2) is 47.7 Å². The van der Waals surface area contributed by atoms with E-state index in [4.69, 9.17) is 14.2 Å². The van der Waals surface area contributed by atoms with Crippen LogP contribution in [0.2, 0.25) is 0 Å². The average molecular weight is 408 g/mol. The molecule has 0 unspecified atom stereocenters. The Morgan fingerprint density at radius 3 is 2.10 bits per heavy atom. The Morgan fingerprint density at radius 2 is 1.59 bits per heavy atom. The second kappa shape index (κ2) is 10.8. The molecule has 7 nitrogen and oxygen atoms in total. The normalized spacial score (nSPS) is 13.4. The number of likely N-dealkylation sites (N-methyl/N-ethyl adjacent to an activating group) is 1. The maximum Gasteiger partial charge on any atom is 0.410 e. The van der Waals surface area contributed by atoms with E-state index in [1.54, 1.807) is 20.8 Å². The lowest BCUT2D eigenvalue weighted by molar-refractivity contribution is -0.170. The zero-order valence-corrected chi connectivity index (χ0v) is 18.4. The maximum absolute atomic E-state index is 12.7. The van der Waals surface area contributed by atoms with Gasteiger partial charge in [0, 0.05) is 7.05 Å². The minimum Gasteiger partial charge on any atom is -0.458 e. The zero-order chi connectivity index (χ0) is 22.2. The van der Waals surface area contributed by atoms with Gasteiger partial charge >= 0.3 is 18.0 Å². The summed E-state index contributed by atoms with van der Waals surface area (Å²) in [6.07, 6.45) is -1.34. The van der Waals surface area contributed by atoms with Gasteiger partial charge in [-0.1, -0.05) is 44.2 Å². The van der Waals surface area contributed by atoms with Crippen molar-refractivity contribution >= 4 is 18.0 Å². The zero-order valence-electron chi connectivity index (χ0n) is 18.4. The van der Waals surface area contributed by atoms with Crippen LogP contribution >= 0.6 is 0 Å². The minimum absolute atomic E-state index is 0.0921. The third-order valence-electron chi connectivity index (χ3n) is 3.96. The highest BCUT2D eigenvalue weighted by atomic mass is 16.6. The fourth-order valence-corrected chi connectivity index (χ4v) is 2.47. The van der Waals surface area contributed by atoms with Gasteiger partial charge < -0.3 is 14.2 Å². The van der Waals surface area contributed by atoms with Gasteiger partial charge in [0.1, 0.15) is 18.2 Å². The van der Waals surface area contributed by atoms with E-state index in [1.165, 1.54) is 18.9 Å². The molecule has 0 spiro atoms. The molecule has 162 valence electrons. The molecule has 0 aliphatic carbocycles. The standard InChI is InChI=1S/C22H33NO6/c1-15(2)13-18(23(7)21(26)29-22(4,5)6)20(25)28-16(3)19(24)27-14-17-11-9-8-10-12-17/h8-12,15-16,18H,13-14H2,1-7H3/t16-,18-/m1/s1. The summed E-state index contributed by atoms with van der Waals surface area (Å²) in [5, 5.41) is 0. The first-order valence-electron chi connectivity index (χ1n) is 9.77. The molecule has 0 bridgehead atoms. The molecule has 0 heterocycles. The molecule has 2 atom stereocenters. The molecule has 29 heavy (non-hydrogen) atoms. The van der Waals surface area contributed by atoms with Gasteiger partial charge in [0.15, 0.2) is 6.10 Å². The quantitative estimate of drug-likeness (QED) is 0.479. The number of hydrogen-bond donors (Lipinski definition) is 0. The summed E-state index contributed by atoms with van der Waals surface area (Å²) >= 11 is 0. The smallest absolute Gasteiger partial charge is 0.410 e. The van der Waals surface area contributed by atoms with Crippen molar-refractivity contribution in [1.82, 2.24) is 4.90 Å². The molecule has 0 radical (unpaired) electrons. The van der Waals surface area contributed by atoms with Crippen molar-refractivity contribution < 1.29 is 28.6 Å². The maximum atomic E-state index is 12.7. The van der Waals surface area contributed by atoms with Crippen LogP contribution in [0.25, 0.3) is 0 Å². The Morgan fingerprint density at radius 1 is 1.00 bits per heavy atom. The van der Waals surface area contributed by atoms with E-state index in [0.29, 0.717) is 6.42 Å². The van der Waals surface area contributed by atoms with Crippen LogP contribution in [0.15, 0.2) is 30.3 Å². The summed E-state index contributed by atoms with van der Waals surface area (Å²) in [6.45, 7) is 10.7. The Kier molecular flexibility index (Phi) is 9.14. The fourth-order valence-electron chi connectivity index (χ4n) is 2.47. The van der Waals surface area contributed by atoms with E-state index in [-0.39, 0.29) is 12.5 Å². The number of esters is 2. The summed E-state index contributed by atoms with van der Waals surface area (Å²) in [4.78, 5) is 38.5. The summed E-state index contributed by atoms with van der Waals surface area (Å²) in [5.41, 5.74) is 0.147. The van der Waals surface area contributed by atoms with E-state index in [1.807, 2.05) is 44.2 Å². The van der Waals surface area contributed by atoms with Crippen molar-refractivity contribution in [2.24, 2.45) is 5.92 Å². The average Bonchev–Trinajstić information content (AvgIpc) is 2.62. The highest BCUT2D eigenvalue weighted by Crippen LogP contribution is 2.17. The molecule has 0 aliphatic heterocycles. The highest BCUT2D eigenvalue weighted by Gasteiger charge is 2.34. The second-order valence-corrected chi connectivity index (χ2v) is 8.41.